The molecule has 58 valence electrons. The minimum absolute atomic E-state index is 0.116. The van der Waals surface area contributed by atoms with E-state index in [0.717, 1.165) is 6.07 Å². The van der Waals surface area contributed by atoms with Crippen LogP contribution >= 0.6 is 15.9 Å². The molecule has 0 bridgehead atoms. The summed E-state index contributed by atoms with van der Waals surface area (Å²) in [5, 5.41) is 16.9. The van der Waals surface area contributed by atoms with Gasteiger partial charge in [-0.2, -0.15) is 10.5 Å². The van der Waals surface area contributed by atoms with Crippen molar-refractivity contribution in [1.29, 1.82) is 10.5 Å². The Morgan fingerprint density at radius 3 is 2.25 bits per heavy atom. The number of rotatable bonds is 0. The molecule has 0 spiro atoms. The summed E-state index contributed by atoms with van der Waals surface area (Å²) in [4.78, 5) is 0. The molecular formula is C8H2BrFN2. The molecule has 1 aromatic rings. The molecule has 0 heterocycles. The number of hydrogen-bond donors (Lipinski definition) is 0. The van der Waals surface area contributed by atoms with Gasteiger partial charge in [0.05, 0.1) is 11.1 Å². The van der Waals surface area contributed by atoms with Gasteiger partial charge >= 0.3 is 0 Å². The summed E-state index contributed by atoms with van der Waals surface area (Å²) in [5.74, 6) is -0.622. The second-order valence-electron chi connectivity index (χ2n) is 2.04. The molecule has 0 aliphatic heterocycles. The van der Waals surface area contributed by atoms with E-state index in [0.29, 0.717) is 4.47 Å². The van der Waals surface area contributed by atoms with E-state index in [1.54, 1.807) is 6.07 Å². The molecule has 2 nitrogen and oxygen atoms in total. The van der Waals surface area contributed by atoms with Gasteiger partial charge in [0.2, 0.25) is 0 Å². The zero-order valence-corrected chi connectivity index (χ0v) is 7.39. The lowest BCUT2D eigenvalue weighted by atomic mass is 10.1. The summed E-state index contributed by atoms with van der Waals surface area (Å²) in [5.41, 5.74) is 0.141. The number of halogens is 2. The Kier molecular flexibility index (Phi) is 2.42. The van der Waals surface area contributed by atoms with Crippen molar-refractivity contribution in [1.82, 2.24) is 0 Å². The van der Waals surface area contributed by atoms with Crippen LogP contribution < -0.4 is 0 Å². The molecule has 0 saturated heterocycles. The molecule has 1 rings (SSSR count). The van der Waals surface area contributed by atoms with Gasteiger partial charge in [0, 0.05) is 4.47 Å². The number of nitriles is 2. The minimum Gasteiger partial charge on any atom is -0.206 e. The van der Waals surface area contributed by atoms with Gasteiger partial charge in [0.25, 0.3) is 0 Å². The minimum atomic E-state index is -0.622. The molecule has 0 amide bonds. The van der Waals surface area contributed by atoms with Crippen LogP contribution in [0.5, 0.6) is 0 Å². The molecule has 12 heavy (non-hydrogen) atoms. The zero-order chi connectivity index (χ0) is 9.14. The lowest BCUT2D eigenvalue weighted by Gasteiger charge is -1.96. The number of hydrogen-bond acceptors (Lipinski definition) is 2. The van der Waals surface area contributed by atoms with E-state index in [4.69, 9.17) is 10.5 Å². The maximum absolute atomic E-state index is 12.8. The second-order valence-corrected chi connectivity index (χ2v) is 2.89. The molecule has 0 atom stereocenters. The monoisotopic (exact) mass is 224 g/mol. The second kappa shape index (κ2) is 3.34. The largest absolute Gasteiger partial charge is 0.206 e. The van der Waals surface area contributed by atoms with Gasteiger partial charge < -0.3 is 0 Å². The first-order valence-electron chi connectivity index (χ1n) is 2.98. The molecule has 0 aromatic heterocycles. The van der Waals surface area contributed by atoms with Crippen molar-refractivity contribution >= 4 is 15.9 Å². The third-order valence-electron chi connectivity index (χ3n) is 1.30. The summed E-state index contributed by atoms with van der Waals surface area (Å²) >= 11 is 3.00. The van der Waals surface area contributed by atoms with Crippen LogP contribution in [-0.2, 0) is 0 Å². The van der Waals surface area contributed by atoms with Crippen LogP contribution in [0.4, 0.5) is 4.39 Å². The average molecular weight is 225 g/mol. The molecule has 1 aromatic carbocycles. The standard InChI is InChI=1S/C8H2BrFN2/c9-7-2-8(10)6(4-12)1-5(7)3-11/h1-2H. The molecule has 0 saturated carbocycles. The first kappa shape index (κ1) is 8.70. The van der Waals surface area contributed by atoms with Crippen LogP contribution in [0.25, 0.3) is 0 Å². The van der Waals surface area contributed by atoms with Crippen LogP contribution in [0.1, 0.15) is 11.1 Å². The smallest absolute Gasteiger partial charge is 0.142 e. The summed E-state index contributed by atoms with van der Waals surface area (Å²) < 4.78 is 13.2. The average Bonchev–Trinajstić information content (AvgIpc) is 2.05. The Bertz CT molecular complexity index is 365. The van der Waals surface area contributed by atoms with Crippen molar-refractivity contribution in [3.05, 3.63) is 33.5 Å². The molecule has 0 fully saturated rings. The molecular weight excluding hydrogens is 223 g/mol. The van der Waals surface area contributed by atoms with Gasteiger partial charge in [0.1, 0.15) is 18.0 Å². The topological polar surface area (TPSA) is 47.6 Å². The van der Waals surface area contributed by atoms with E-state index >= 15 is 0 Å². The van der Waals surface area contributed by atoms with Gasteiger partial charge in [-0.25, -0.2) is 4.39 Å². The van der Waals surface area contributed by atoms with Crippen molar-refractivity contribution in [3.8, 4) is 12.1 Å². The van der Waals surface area contributed by atoms with E-state index < -0.39 is 5.82 Å². The zero-order valence-electron chi connectivity index (χ0n) is 5.81. The fraction of sp³-hybridized carbons (Fsp3) is 0. The van der Waals surface area contributed by atoms with Gasteiger partial charge in [-0.1, -0.05) is 0 Å². The van der Waals surface area contributed by atoms with Crippen LogP contribution in [-0.4, -0.2) is 0 Å². The summed E-state index contributed by atoms with van der Waals surface area (Å²) in [6, 6.07) is 5.80. The SMILES string of the molecule is N#Cc1cc(C#N)c(Br)cc1F. The lowest BCUT2D eigenvalue weighted by Crippen LogP contribution is -1.86. The highest BCUT2D eigenvalue weighted by atomic mass is 79.9. The van der Waals surface area contributed by atoms with E-state index in [1.165, 1.54) is 6.07 Å². The third-order valence-corrected chi connectivity index (χ3v) is 1.95. The lowest BCUT2D eigenvalue weighted by molar-refractivity contribution is 0.623. The highest BCUT2D eigenvalue weighted by Gasteiger charge is 2.06. The van der Waals surface area contributed by atoms with Gasteiger partial charge in [-0.05, 0) is 28.1 Å². The first-order chi connectivity index (χ1) is 5.69. The van der Waals surface area contributed by atoms with Gasteiger partial charge in [0.15, 0.2) is 0 Å². The van der Waals surface area contributed by atoms with Crippen molar-refractivity contribution in [2.24, 2.45) is 0 Å². The molecule has 0 N–H and O–H groups in total. The van der Waals surface area contributed by atoms with Crippen molar-refractivity contribution in [2.75, 3.05) is 0 Å². The maximum atomic E-state index is 12.8. The highest BCUT2D eigenvalue weighted by Crippen LogP contribution is 2.19. The van der Waals surface area contributed by atoms with E-state index in [-0.39, 0.29) is 11.1 Å². The summed E-state index contributed by atoms with van der Waals surface area (Å²) in [6.45, 7) is 0. The molecule has 0 radical (unpaired) electrons. The normalized spacial score (nSPS) is 8.67. The third kappa shape index (κ3) is 1.44. The highest BCUT2D eigenvalue weighted by molar-refractivity contribution is 9.10. The molecule has 0 aliphatic carbocycles. The summed E-state index contributed by atoms with van der Waals surface area (Å²) in [7, 11) is 0. The van der Waals surface area contributed by atoms with Crippen LogP contribution in [0.2, 0.25) is 0 Å². The molecule has 0 unspecified atom stereocenters. The Morgan fingerprint density at radius 1 is 1.17 bits per heavy atom. The van der Waals surface area contributed by atoms with E-state index in [1.807, 2.05) is 6.07 Å². The molecule has 4 heteroatoms. The van der Waals surface area contributed by atoms with Crippen LogP contribution in [0.15, 0.2) is 16.6 Å². The fourth-order valence-corrected chi connectivity index (χ4v) is 1.12. The van der Waals surface area contributed by atoms with E-state index in [9.17, 15) is 4.39 Å². The predicted molar refractivity (Wildman–Crippen MR) is 43.5 cm³/mol. The quantitative estimate of drug-likeness (QED) is 0.680. The maximum Gasteiger partial charge on any atom is 0.142 e. The Hall–Kier alpha value is -1.39. The Morgan fingerprint density at radius 2 is 1.75 bits per heavy atom. The fourth-order valence-electron chi connectivity index (χ4n) is 0.720. The Labute approximate surface area is 77.0 Å². The van der Waals surface area contributed by atoms with Gasteiger partial charge in [-0.3, -0.25) is 0 Å². The molecule has 0 aliphatic rings. The van der Waals surface area contributed by atoms with Crippen molar-refractivity contribution in [3.63, 3.8) is 0 Å². The number of benzene rings is 1. The van der Waals surface area contributed by atoms with E-state index in [2.05, 4.69) is 15.9 Å². The van der Waals surface area contributed by atoms with Gasteiger partial charge in [-0.15, -0.1) is 0 Å². The van der Waals surface area contributed by atoms with Crippen molar-refractivity contribution in [2.45, 2.75) is 0 Å². The Balaban J connectivity index is 3.42. The van der Waals surface area contributed by atoms with Crippen LogP contribution in [0.3, 0.4) is 0 Å². The number of nitrogens with zero attached hydrogens (tertiary/aromatic N) is 2. The van der Waals surface area contributed by atoms with Crippen molar-refractivity contribution < 1.29 is 4.39 Å². The summed E-state index contributed by atoms with van der Waals surface area (Å²) in [6.07, 6.45) is 0. The predicted octanol–water partition coefficient (Wildman–Crippen LogP) is 2.33. The van der Waals surface area contributed by atoms with Crippen LogP contribution in [0, 0.1) is 28.5 Å². The first-order valence-corrected chi connectivity index (χ1v) is 3.77.